The molecule has 1 aromatic carbocycles. The van der Waals surface area contributed by atoms with Gasteiger partial charge in [0.2, 0.25) is 0 Å². The summed E-state index contributed by atoms with van der Waals surface area (Å²) >= 11 is 1.52. The number of pyridine rings is 1. The first-order chi connectivity index (χ1) is 16.8. The summed E-state index contributed by atoms with van der Waals surface area (Å²) in [6.07, 6.45) is 0.712. The number of aliphatic hydroxyl groups excluding tert-OH is 1. The number of aliphatic hydroxyl groups is 1. The maximum absolute atomic E-state index is 12.7. The minimum atomic E-state index is -3.60. The first kappa shape index (κ1) is 23.6. The number of hydrogen-bond donors (Lipinski definition) is 2. The Morgan fingerprint density at radius 1 is 1.14 bits per heavy atom. The molecule has 0 amide bonds. The largest absolute Gasteiger partial charge is 0.392 e. The minimum Gasteiger partial charge on any atom is -0.392 e. The number of nitrogens with zero attached hydrogens (tertiary/aromatic N) is 4. The highest BCUT2D eigenvalue weighted by molar-refractivity contribution is 7.91. The van der Waals surface area contributed by atoms with Crippen LogP contribution in [-0.4, -0.2) is 66.6 Å². The molecule has 0 spiro atoms. The standard InChI is InChI=1S/C24H25N5O4S2/c1-15(30)14-35(31,32)18-4-2-3-16(11-18)20-12-19-22(34-20)24(29-7-9-33-10-8-29)28-23(27-19)17-5-6-21(25)26-13-17/h2-6,11-13,15,30H,7-10,14H2,1H3,(H2,25,26)/t15-/m1/s1. The fraction of sp³-hybridized carbons (Fsp3) is 0.292. The number of thiophene rings is 1. The second-order valence-corrected chi connectivity index (χ2v) is 11.5. The molecule has 9 nitrogen and oxygen atoms in total. The first-order valence-corrected chi connectivity index (χ1v) is 13.6. The van der Waals surface area contributed by atoms with Gasteiger partial charge in [-0.25, -0.2) is 23.4 Å². The number of hydrogen-bond acceptors (Lipinski definition) is 10. The van der Waals surface area contributed by atoms with E-state index in [2.05, 4.69) is 9.88 Å². The van der Waals surface area contributed by atoms with Crippen molar-refractivity contribution in [3.05, 3.63) is 48.7 Å². The third kappa shape index (κ3) is 4.98. The fourth-order valence-electron chi connectivity index (χ4n) is 3.97. The van der Waals surface area contributed by atoms with E-state index in [1.807, 2.05) is 18.2 Å². The Kier molecular flexibility index (Phi) is 6.41. The van der Waals surface area contributed by atoms with Crippen LogP contribution < -0.4 is 10.6 Å². The van der Waals surface area contributed by atoms with Crippen LogP contribution in [0.2, 0.25) is 0 Å². The number of rotatable bonds is 6. The van der Waals surface area contributed by atoms with Crippen molar-refractivity contribution in [2.45, 2.75) is 17.9 Å². The number of fused-ring (bicyclic) bond motifs is 1. The Bertz CT molecular complexity index is 1460. The maximum atomic E-state index is 12.7. The van der Waals surface area contributed by atoms with Gasteiger partial charge >= 0.3 is 0 Å². The molecule has 182 valence electrons. The van der Waals surface area contributed by atoms with Gasteiger partial charge in [-0.15, -0.1) is 11.3 Å². The summed E-state index contributed by atoms with van der Waals surface area (Å²) in [7, 11) is -3.60. The summed E-state index contributed by atoms with van der Waals surface area (Å²) in [5.74, 6) is 1.46. The third-order valence-corrected chi connectivity index (χ3v) is 8.71. The lowest BCUT2D eigenvalue weighted by atomic mass is 10.2. The van der Waals surface area contributed by atoms with E-state index >= 15 is 0 Å². The van der Waals surface area contributed by atoms with Gasteiger partial charge < -0.3 is 20.5 Å². The van der Waals surface area contributed by atoms with Crippen molar-refractivity contribution in [1.82, 2.24) is 15.0 Å². The Morgan fingerprint density at radius 2 is 1.94 bits per heavy atom. The Labute approximate surface area is 207 Å². The van der Waals surface area contributed by atoms with Crippen molar-refractivity contribution in [2.24, 2.45) is 0 Å². The maximum Gasteiger partial charge on any atom is 0.180 e. The van der Waals surface area contributed by atoms with Crippen LogP contribution in [0.5, 0.6) is 0 Å². The van der Waals surface area contributed by atoms with Crippen molar-refractivity contribution in [1.29, 1.82) is 0 Å². The van der Waals surface area contributed by atoms with Crippen LogP contribution in [0, 0.1) is 0 Å². The number of nitrogen functional groups attached to an aromatic ring is 1. The van der Waals surface area contributed by atoms with Gasteiger partial charge in [0.25, 0.3) is 0 Å². The lowest BCUT2D eigenvalue weighted by Crippen LogP contribution is -2.36. The van der Waals surface area contributed by atoms with Crippen molar-refractivity contribution < 1.29 is 18.3 Å². The summed E-state index contributed by atoms with van der Waals surface area (Å²) in [6, 6.07) is 12.3. The zero-order chi connectivity index (χ0) is 24.6. The molecule has 0 saturated carbocycles. The van der Waals surface area contributed by atoms with E-state index in [1.165, 1.54) is 18.3 Å². The molecule has 0 radical (unpaired) electrons. The zero-order valence-corrected chi connectivity index (χ0v) is 20.7. The predicted molar refractivity (Wildman–Crippen MR) is 137 cm³/mol. The second kappa shape index (κ2) is 9.50. The van der Waals surface area contributed by atoms with Crippen LogP contribution >= 0.6 is 11.3 Å². The number of anilines is 2. The summed E-state index contributed by atoms with van der Waals surface area (Å²) in [5.41, 5.74) is 8.04. The van der Waals surface area contributed by atoms with Gasteiger partial charge in [-0.3, -0.25) is 0 Å². The highest BCUT2D eigenvalue weighted by atomic mass is 32.2. The summed E-state index contributed by atoms with van der Waals surface area (Å²) in [5, 5.41) is 9.60. The van der Waals surface area contributed by atoms with E-state index in [0.717, 1.165) is 32.0 Å². The molecule has 1 aliphatic heterocycles. The van der Waals surface area contributed by atoms with Gasteiger partial charge in [-0.1, -0.05) is 12.1 Å². The average Bonchev–Trinajstić information content (AvgIpc) is 3.28. The molecule has 1 saturated heterocycles. The molecular weight excluding hydrogens is 486 g/mol. The van der Waals surface area contributed by atoms with Crippen molar-refractivity contribution in [2.75, 3.05) is 42.7 Å². The molecule has 3 N–H and O–H groups in total. The van der Waals surface area contributed by atoms with E-state index in [4.69, 9.17) is 20.4 Å². The molecule has 1 fully saturated rings. The molecule has 4 heterocycles. The smallest absolute Gasteiger partial charge is 0.180 e. The van der Waals surface area contributed by atoms with Crippen LogP contribution in [0.1, 0.15) is 6.92 Å². The topological polar surface area (TPSA) is 132 Å². The lowest BCUT2D eigenvalue weighted by molar-refractivity contribution is 0.122. The predicted octanol–water partition coefficient (Wildman–Crippen LogP) is 2.99. The van der Waals surface area contributed by atoms with Gasteiger partial charge in [-0.05, 0) is 42.8 Å². The summed E-state index contributed by atoms with van der Waals surface area (Å²) in [6.45, 7) is 4.13. The summed E-state index contributed by atoms with van der Waals surface area (Å²) in [4.78, 5) is 17.1. The number of nitrogens with two attached hydrogens (primary N) is 1. The van der Waals surface area contributed by atoms with Gasteiger partial charge in [0.15, 0.2) is 21.5 Å². The molecule has 5 rings (SSSR count). The lowest BCUT2D eigenvalue weighted by Gasteiger charge is -2.28. The van der Waals surface area contributed by atoms with Crippen molar-refractivity contribution in [3.8, 4) is 21.8 Å². The zero-order valence-electron chi connectivity index (χ0n) is 19.1. The summed E-state index contributed by atoms with van der Waals surface area (Å²) < 4.78 is 31.8. The fourth-order valence-corrected chi connectivity index (χ4v) is 6.50. The Balaban J connectivity index is 1.62. The molecule has 0 aliphatic carbocycles. The SMILES string of the molecule is C[C@@H](O)CS(=O)(=O)c1cccc(-c2cc3nc(-c4ccc(N)nc4)nc(N4CCOCC4)c3s2)c1. The monoisotopic (exact) mass is 511 g/mol. The van der Waals surface area contributed by atoms with Crippen LogP contribution in [-0.2, 0) is 14.6 Å². The van der Waals surface area contributed by atoms with E-state index in [0.29, 0.717) is 37.9 Å². The quantitative estimate of drug-likeness (QED) is 0.401. The number of ether oxygens (including phenoxy) is 1. The number of morpholine rings is 1. The van der Waals surface area contributed by atoms with E-state index in [1.54, 1.807) is 30.5 Å². The highest BCUT2D eigenvalue weighted by Crippen LogP contribution is 2.39. The van der Waals surface area contributed by atoms with Crippen LogP contribution in [0.15, 0.2) is 53.6 Å². The van der Waals surface area contributed by atoms with Crippen molar-refractivity contribution >= 4 is 43.0 Å². The number of benzene rings is 1. The molecule has 0 unspecified atom stereocenters. The molecule has 11 heteroatoms. The van der Waals surface area contributed by atoms with E-state index in [-0.39, 0.29) is 10.6 Å². The number of aromatic nitrogens is 3. The Morgan fingerprint density at radius 3 is 2.66 bits per heavy atom. The number of sulfone groups is 1. The normalized spacial score (nSPS) is 15.4. The average molecular weight is 512 g/mol. The molecule has 4 aromatic rings. The van der Waals surface area contributed by atoms with Crippen LogP contribution in [0.25, 0.3) is 32.0 Å². The van der Waals surface area contributed by atoms with Gasteiger partial charge in [0.1, 0.15) is 5.82 Å². The molecule has 3 aromatic heterocycles. The Hall–Kier alpha value is -3.12. The second-order valence-electron chi connectivity index (χ2n) is 8.43. The molecule has 1 atom stereocenters. The van der Waals surface area contributed by atoms with Crippen molar-refractivity contribution in [3.63, 3.8) is 0 Å². The van der Waals surface area contributed by atoms with Crippen LogP contribution in [0.4, 0.5) is 11.6 Å². The van der Waals surface area contributed by atoms with E-state index < -0.39 is 15.9 Å². The molecule has 1 aliphatic rings. The first-order valence-electron chi connectivity index (χ1n) is 11.2. The van der Waals surface area contributed by atoms with Crippen LogP contribution in [0.3, 0.4) is 0 Å². The third-order valence-electron chi connectivity index (χ3n) is 5.65. The van der Waals surface area contributed by atoms with E-state index in [9.17, 15) is 13.5 Å². The van der Waals surface area contributed by atoms with Gasteiger partial charge in [0, 0.05) is 29.7 Å². The highest BCUT2D eigenvalue weighted by Gasteiger charge is 2.22. The van der Waals surface area contributed by atoms with Gasteiger partial charge in [-0.2, -0.15) is 0 Å². The van der Waals surface area contributed by atoms with Gasteiger partial charge in [0.05, 0.1) is 40.2 Å². The molecule has 35 heavy (non-hydrogen) atoms. The molecular formula is C24H25N5O4S2. The minimum absolute atomic E-state index is 0.182. The molecule has 0 bridgehead atoms.